The molecule has 0 spiro atoms. The van der Waals surface area contributed by atoms with Gasteiger partial charge < -0.3 is 9.47 Å². The number of carbonyl (C=O) groups is 1. The monoisotopic (exact) mass is 273 g/mol. The van der Waals surface area contributed by atoms with Crippen LogP contribution in [-0.2, 0) is 26.1 Å². The highest BCUT2D eigenvalue weighted by Crippen LogP contribution is 2.18. The Kier molecular flexibility index (Phi) is 4.83. The summed E-state index contributed by atoms with van der Waals surface area (Å²) in [7, 11) is -2.48. The Morgan fingerprint density at radius 3 is 2.56 bits per heavy atom. The number of rotatable bonds is 5. The van der Waals surface area contributed by atoms with Gasteiger partial charge in [-0.15, -0.1) is 0 Å². The van der Waals surface area contributed by atoms with Crippen molar-refractivity contribution in [2.75, 3.05) is 13.7 Å². The molecule has 0 radical (unpaired) electrons. The van der Waals surface area contributed by atoms with Gasteiger partial charge in [-0.1, -0.05) is 6.07 Å². The summed E-state index contributed by atoms with van der Waals surface area (Å²) in [4.78, 5) is 11.4. The first-order valence-corrected chi connectivity index (χ1v) is 6.76. The molecule has 0 fully saturated rings. The molecule has 1 rings (SSSR count). The minimum atomic E-state index is -3.91. The van der Waals surface area contributed by atoms with Gasteiger partial charge in [-0.05, 0) is 24.6 Å². The van der Waals surface area contributed by atoms with Gasteiger partial charge in [0.2, 0.25) is 10.0 Å². The minimum Gasteiger partial charge on any atom is -0.462 e. The average Bonchev–Trinajstić information content (AvgIpc) is 2.28. The normalized spacial score (nSPS) is 11.3. The highest BCUT2D eigenvalue weighted by atomic mass is 32.2. The fourth-order valence-corrected chi connectivity index (χ4v) is 2.22. The largest absolute Gasteiger partial charge is 0.462 e. The maximum atomic E-state index is 11.5. The molecule has 0 heterocycles. The van der Waals surface area contributed by atoms with Crippen LogP contribution in [0.15, 0.2) is 23.1 Å². The Bertz CT molecular complexity index is 538. The number of sulfonamides is 1. The van der Waals surface area contributed by atoms with Crippen molar-refractivity contribution in [3.05, 3.63) is 29.3 Å². The Hall–Kier alpha value is -1.44. The number of nitrogens with two attached hydrogens (primary N) is 1. The molecule has 1 aromatic carbocycles. The third kappa shape index (κ3) is 3.52. The second kappa shape index (κ2) is 5.94. The molecule has 18 heavy (non-hydrogen) atoms. The Balaban J connectivity index is 3.26. The van der Waals surface area contributed by atoms with E-state index in [1.807, 2.05) is 0 Å². The summed E-state index contributed by atoms with van der Waals surface area (Å²) >= 11 is 0. The van der Waals surface area contributed by atoms with E-state index in [1.165, 1.54) is 25.3 Å². The highest BCUT2D eigenvalue weighted by Gasteiger charge is 2.17. The Morgan fingerprint density at radius 1 is 1.39 bits per heavy atom. The third-order valence-electron chi connectivity index (χ3n) is 2.18. The number of hydrogen-bond acceptors (Lipinski definition) is 5. The lowest BCUT2D eigenvalue weighted by atomic mass is 10.1. The number of primary sulfonamides is 1. The van der Waals surface area contributed by atoms with Gasteiger partial charge in [0, 0.05) is 7.11 Å². The van der Waals surface area contributed by atoms with Crippen LogP contribution in [0, 0.1) is 0 Å². The molecule has 1 aromatic rings. The lowest BCUT2D eigenvalue weighted by Crippen LogP contribution is -2.16. The molecule has 0 aromatic heterocycles. The van der Waals surface area contributed by atoms with E-state index in [4.69, 9.17) is 14.6 Å². The summed E-state index contributed by atoms with van der Waals surface area (Å²) in [5, 5.41) is 5.10. The number of hydrogen-bond donors (Lipinski definition) is 1. The van der Waals surface area contributed by atoms with Crippen molar-refractivity contribution < 1.29 is 22.7 Å². The smallest absolute Gasteiger partial charge is 0.338 e. The molecule has 0 aliphatic rings. The summed E-state index contributed by atoms with van der Waals surface area (Å²) in [6.45, 7) is 1.97. The number of methoxy groups -OCH3 is 1. The van der Waals surface area contributed by atoms with Crippen LogP contribution >= 0.6 is 0 Å². The number of esters is 1. The van der Waals surface area contributed by atoms with E-state index in [1.54, 1.807) is 6.92 Å². The lowest BCUT2D eigenvalue weighted by Gasteiger charge is -2.09. The van der Waals surface area contributed by atoms with Gasteiger partial charge in [0.1, 0.15) is 0 Å². The molecule has 0 aliphatic carbocycles. The SMILES string of the molecule is CCOC(=O)c1ccc(COC)c(S(N)(=O)=O)c1. The second-order valence-corrected chi connectivity index (χ2v) is 5.05. The summed E-state index contributed by atoms with van der Waals surface area (Å²) in [6, 6.07) is 4.15. The maximum absolute atomic E-state index is 11.5. The van der Waals surface area contributed by atoms with Gasteiger partial charge in [-0.25, -0.2) is 18.4 Å². The van der Waals surface area contributed by atoms with Crippen LogP contribution in [-0.4, -0.2) is 28.1 Å². The zero-order valence-corrected chi connectivity index (χ0v) is 11.0. The van der Waals surface area contributed by atoms with Crippen molar-refractivity contribution in [3.8, 4) is 0 Å². The quantitative estimate of drug-likeness (QED) is 0.795. The first-order chi connectivity index (χ1) is 8.40. The van der Waals surface area contributed by atoms with E-state index in [0.29, 0.717) is 5.56 Å². The Morgan fingerprint density at radius 2 is 2.06 bits per heavy atom. The van der Waals surface area contributed by atoms with Gasteiger partial charge in [0.05, 0.1) is 23.7 Å². The van der Waals surface area contributed by atoms with Gasteiger partial charge in [0.15, 0.2) is 0 Å². The van der Waals surface area contributed by atoms with Crippen LogP contribution < -0.4 is 5.14 Å². The lowest BCUT2D eigenvalue weighted by molar-refractivity contribution is 0.0526. The van der Waals surface area contributed by atoms with E-state index in [-0.39, 0.29) is 23.7 Å². The molecule has 7 heteroatoms. The van der Waals surface area contributed by atoms with E-state index in [2.05, 4.69) is 0 Å². The van der Waals surface area contributed by atoms with E-state index >= 15 is 0 Å². The summed E-state index contributed by atoms with van der Waals surface area (Å²) in [6.07, 6.45) is 0. The van der Waals surface area contributed by atoms with Crippen LogP contribution in [0.4, 0.5) is 0 Å². The molecule has 0 saturated heterocycles. The number of benzene rings is 1. The molecule has 0 atom stereocenters. The van der Waals surface area contributed by atoms with Crippen LogP contribution in [0.5, 0.6) is 0 Å². The van der Waals surface area contributed by atoms with E-state index in [9.17, 15) is 13.2 Å². The zero-order chi connectivity index (χ0) is 13.8. The van der Waals surface area contributed by atoms with Crippen LogP contribution in [0.3, 0.4) is 0 Å². The molecule has 100 valence electrons. The molecule has 2 N–H and O–H groups in total. The van der Waals surface area contributed by atoms with Gasteiger partial charge >= 0.3 is 5.97 Å². The average molecular weight is 273 g/mol. The van der Waals surface area contributed by atoms with Crippen LogP contribution in [0.1, 0.15) is 22.8 Å². The maximum Gasteiger partial charge on any atom is 0.338 e. The molecule has 0 amide bonds. The third-order valence-corrected chi connectivity index (χ3v) is 3.18. The Labute approximate surface area is 106 Å². The fourth-order valence-electron chi connectivity index (χ4n) is 1.44. The van der Waals surface area contributed by atoms with Crippen LogP contribution in [0.2, 0.25) is 0 Å². The molecular formula is C11H15NO5S. The molecule has 0 unspecified atom stereocenters. The fraction of sp³-hybridized carbons (Fsp3) is 0.364. The van der Waals surface area contributed by atoms with Crippen LogP contribution in [0.25, 0.3) is 0 Å². The highest BCUT2D eigenvalue weighted by molar-refractivity contribution is 7.89. The van der Waals surface area contributed by atoms with Gasteiger partial charge in [0.25, 0.3) is 0 Å². The molecule has 6 nitrogen and oxygen atoms in total. The number of ether oxygens (including phenoxy) is 2. The van der Waals surface area contributed by atoms with Crippen molar-refractivity contribution in [3.63, 3.8) is 0 Å². The van der Waals surface area contributed by atoms with Gasteiger partial charge in [-0.2, -0.15) is 0 Å². The second-order valence-electron chi connectivity index (χ2n) is 3.52. The molecular weight excluding hydrogens is 258 g/mol. The first-order valence-electron chi connectivity index (χ1n) is 5.22. The molecule has 0 saturated carbocycles. The van der Waals surface area contributed by atoms with Crippen molar-refractivity contribution in [1.82, 2.24) is 0 Å². The van der Waals surface area contributed by atoms with Crippen molar-refractivity contribution in [2.45, 2.75) is 18.4 Å². The summed E-state index contributed by atoms with van der Waals surface area (Å²) in [5.74, 6) is -0.591. The summed E-state index contributed by atoms with van der Waals surface area (Å²) < 4.78 is 32.5. The van der Waals surface area contributed by atoms with E-state index in [0.717, 1.165) is 0 Å². The first kappa shape index (κ1) is 14.6. The number of carbonyl (C=O) groups excluding carboxylic acids is 1. The summed E-state index contributed by atoms with van der Waals surface area (Å²) in [5.41, 5.74) is 0.536. The predicted molar refractivity (Wildman–Crippen MR) is 64.5 cm³/mol. The minimum absolute atomic E-state index is 0.0921. The van der Waals surface area contributed by atoms with Crippen molar-refractivity contribution in [1.29, 1.82) is 0 Å². The van der Waals surface area contributed by atoms with E-state index < -0.39 is 16.0 Å². The van der Waals surface area contributed by atoms with Crippen molar-refractivity contribution in [2.24, 2.45) is 5.14 Å². The zero-order valence-electron chi connectivity index (χ0n) is 10.2. The van der Waals surface area contributed by atoms with Crippen molar-refractivity contribution >= 4 is 16.0 Å². The predicted octanol–water partition coefficient (Wildman–Crippen LogP) is 0.657. The molecule has 0 aliphatic heterocycles. The van der Waals surface area contributed by atoms with Gasteiger partial charge in [-0.3, -0.25) is 0 Å². The topological polar surface area (TPSA) is 95.7 Å². The molecule has 0 bridgehead atoms. The standard InChI is InChI=1S/C11H15NO5S/c1-3-17-11(13)8-4-5-9(7-16-2)10(6-8)18(12,14)15/h4-6H,3,7H2,1-2H3,(H2,12,14,15).